The van der Waals surface area contributed by atoms with E-state index < -0.39 is 0 Å². The molecule has 1 saturated carbocycles. The molecular weight excluding hydrogens is 228 g/mol. The highest BCUT2D eigenvalue weighted by Crippen LogP contribution is 2.43. The third-order valence-electron chi connectivity index (χ3n) is 4.03. The molecule has 2 N–H and O–H groups in total. The third kappa shape index (κ3) is 1.69. The number of thiazole rings is 1. The van der Waals surface area contributed by atoms with Gasteiger partial charge < -0.3 is 5.73 Å². The lowest BCUT2D eigenvalue weighted by atomic mass is 9.87. The van der Waals surface area contributed by atoms with Crippen LogP contribution in [-0.2, 0) is 5.41 Å². The van der Waals surface area contributed by atoms with Crippen molar-refractivity contribution in [2.75, 3.05) is 6.54 Å². The fourth-order valence-corrected chi connectivity index (χ4v) is 4.17. The predicted molar refractivity (Wildman–Crippen MR) is 73.6 cm³/mol. The Hall–Kier alpha value is -0.930. The average molecular weight is 246 g/mol. The normalized spacial score (nSPS) is 18.9. The molecule has 1 aromatic heterocycles. The maximum absolute atomic E-state index is 6.03. The summed E-state index contributed by atoms with van der Waals surface area (Å²) in [5, 5.41) is 1.27. The molecule has 0 bridgehead atoms. The molecule has 0 aliphatic heterocycles. The molecule has 2 aromatic rings. The van der Waals surface area contributed by atoms with Crippen LogP contribution in [-0.4, -0.2) is 11.5 Å². The Morgan fingerprint density at radius 3 is 2.76 bits per heavy atom. The van der Waals surface area contributed by atoms with Gasteiger partial charge in [0.2, 0.25) is 0 Å². The molecule has 1 aliphatic rings. The number of hydrogen-bond donors (Lipinski definition) is 1. The quantitative estimate of drug-likeness (QED) is 0.882. The summed E-state index contributed by atoms with van der Waals surface area (Å²) in [5.74, 6) is 0. The van der Waals surface area contributed by atoms with Gasteiger partial charge >= 0.3 is 0 Å². The van der Waals surface area contributed by atoms with Gasteiger partial charge in [0.15, 0.2) is 0 Å². The molecule has 1 heterocycles. The molecule has 0 atom stereocenters. The van der Waals surface area contributed by atoms with Crippen molar-refractivity contribution in [1.82, 2.24) is 4.98 Å². The lowest BCUT2D eigenvalue weighted by Crippen LogP contribution is -2.31. The number of benzene rings is 1. The minimum absolute atomic E-state index is 0.177. The maximum atomic E-state index is 6.03. The fourth-order valence-electron chi connectivity index (χ4n) is 2.87. The van der Waals surface area contributed by atoms with Gasteiger partial charge in [0.1, 0.15) is 5.01 Å². The molecule has 90 valence electrons. The van der Waals surface area contributed by atoms with Crippen molar-refractivity contribution in [2.45, 2.75) is 38.0 Å². The van der Waals surface area contributed by atoms with Crippen molar-refractivity contribution in [1.29, 1.82) is 0 Å². The van der Waals surface area contributed by atoms with Gasteiger partial charge in [-0.15, -0.1) is 11.3 Å². The summed E-state index contributed by atoms with van der Waals surface area (Å²) in [6, 6.07) is 6.42. The second-order valence-corrected chi connectivity index (χ2v) is 6.16. The molecule has 3 rings (SSSR count). The van der Waals surface area contributed by atoms with Crippen LogP contribution in [0.3, 0.4) is 0 Å². The zero-order chi connectivity index (χ0) is 11.9. The van der Waals surface area contributed by atoms with Crippen LogP contribution in [0.25, 0.3) is 10.2 Å². The van der Waals surface area contributed by atoms with E-state index in [0.29, 0.717) is 0 Å². The van der Waals surface area contributed by atoms with Crippen molar-refractivity contribution in [3.05, 3.63) is 28.8 Å². The monoisotopic (exact) mass is 246 g/mol. The average Bonchev–Trinajstić information content (AvgIpc) is 2.96. The van der Waals surface area contributed by atoms with E-state index in [1.807, 2.05) is 11.3 Å². The number of hydrogen-bond acceptors (Lipinski definition) is 3. The van der Waals surface area contributed by atoms with Gasteiger partial charge in [0, 0.05) is 12.0 Å². The lowest BCUT2D eigenvalue weighted by Gasteiger charge is -2.23. The zero-order valence-electron chi connectivity index (χ0n) is 10.2. The summed E-state index contributed by atoms with van der Waals surface area (Å²) in [6.45, 7) is 2.88. The van der Waals surface area contributed by atoms with Gasteiger partial charge in [-0.2, -0.15) is 0 Å². The Bertz CT molecular complexity index is 538. The summed E-state index contributed by atoms with van der Waals surface area (Å²) < 4.78 is 1.31. The SMILES string of the molecule is Cc1cccc2sc(C3(CN)CCCC3)nc12. The largest absolute Gasteiger partial charge is 0.329 e. The molecule has 3 heteroatoms. The number of nitrogens with zero attached hydrogens (tertiary/aromatic N) is 1. The molecule has 0 unspecified atom stereocenters. The fraction of sp³-hybridized carbons (Fsp3) is 0.500. The van der Waals surface area contributed by atoms with E-state index in [2.05, 4.69) is 25.1 Å². The van der Waals surface area contributed by atoms with Crippen molar-refractivity contribution < 1.29 is 0 Å². The highest BCUT2D eigenvalue weighted by atomic mass is 32.1. The lowest BCUT2D eigenvalue weighted by molar-refractivity contribution is 0.451. The zero-order valence-corrected chi connectivity index (χ0v) is 11.0. The van der Waals surface area contributed by atoms with Crippen molar-refractivity contribution in [3.8, 4) is 0 Å². The van der Waals surface area contributed by atoms with Crippen molar-refractivity contribution >= 4 is 21.6 Å². The van der Waals surface area contributed by atoms with Crippen LogP contribution in [0, 0.1) is 6.92 Å². The Balaban J connectivity index is 2.14. The van der Waals surface area contributed by atoms with Crippen LogP contribution in [0.2, 0.25) is 0 Å². The Kier molecular flexibility index (Phi) is 2.68. The minimum atomic E-state index is 0.177. The van der Waals surface area contributed by atoms with E-state index in [9.17, 15) is 0 Å². The molecule has 0 amide bonds. The Labute approximate surface area is 106 Å². The summed E-state index contributed by atoms with van der Waals surface area (Å²) in [7, 11) is 0. The first-order chi connectivity index (χ1) is 8.25. The van der Waals surface area contributed by atoms with Gasteiger partial charge in [-0.3, -0.25) is 0 Å². The van der Waals surface area contributed by atoms with Gasteiger partial charge in [0.05, 0.1) is 10.2 Å². The number of nitrogens with two attached hydrogens (primary N) is 1. The van der Waals surface area contributed by atoms with Crippen molar-refractivity contribution in [2.24, 2.45) is 5.73 Å². The van der Waals surface area contributed by atoms with Gasteiger partial charge in [0.25, 0.3) is 0 Å². The summed E-state index contributed by atoms with van der Waals surface area (Å²) in [5.41, 5.74) is 8.65. The smallest absolute Gasteiger partial charge is 0.101 e. The first-order valence-corrected chi connectivity index (χ1v) is 7.13. The second kappa shape index (κ2) is 4.07. The highest BCUT2D eigenvalue weighted by molar-refractivity contribution is 7.18. The Morgan fingerprint density at radius 1 is 1.35 bits per heavy atom. The van der Waals surface area contributed by atoms with E-state index >= 15 is 0 Å². The standard InChI is InChI=1S/C14H18N2S/c1-10-5-4-6-11-12(10)16-13(17-11)14(9-15)7-2-3-8-14/h4-6H,2-3,7-9,15H2,1H3. The molecule has 1 aliphatic carbocycles. The molecule has 0 radical (unpaired) electrons. The van der Waals surface area contributed by atoms with Gasteiger partial charge in [-0.1, -0.05) is 25.0 Å². The second-order valence-electron chi connectivity index (χ2n) is 5.13. The number of fused-ring (bicyclic) bond motifs is 1. The summed E-state index contributed by atoms with van der Waals surface area (Å²) in [6.07, 6.45) is 5.02. The minimum Gasteiger partial charge on any atom is -0.329 e. The van der Waals surface area contributed by atoms with Crippen LogP contribution in [0.15, 0.2) is 18.2 Å². The molecule has 2 nitrogen and oxygen atoms in total. The summed E-state index contributed by atoms with van der Waals surface area (Å²) in [4.78, 5) is 4.88. The molecule has 1 aromatic carbocycles. The Morgan fingerprint density at radius 2 is 2.12 bits per heavy atom. The number of para-hydroxylation sites is 1. The van der Waals surface area contributed by atoms with Crippen LogP contribution >= 0.6 is 11.3 Å². The van der Waals surface area contributed by atoms with E-state index in [1.165, 1.54) is 46.5 Å². The maximum Gasteiger partial charge on any atom is 0.101 e. The van der Waals surface area contributed by atoms with Gasteiger partial charge in [-0.05, 0) is 31.4 Å². The molecular formula is C14H18N2S. The number of aromatic nitrogens is 1. The van der Waals surface area contributed by atoms with Gasteiger partial charge in [-0.25, -0.2) is 4.98 Å². The summed E-state index contributed by atoms with van der Waals surface area (Å²) >= 11 is 1.84. The van der Waals surface area contributed by atoms with E-state index in [1.54, 1.807) is 0 Å². The van der Waals surface area contributed by atoms with Crippen LogP contribution in [0.5, 0.6) is 0 Å². The predicted octanol–water partition coefficient (Wildman–Crippen LogP) is 3.38. The van der Waals surface area contributed by atoms with E-state index in [0.717, 1.165) is 6.54 Å². The first kappa shape index (κ1) is 11.2. The van der Waals surface area contributed by atoms with Crippen LogP contribution in [0.1, 0.15) is 36.3 Å². The first-order valence-electron chi connectivity index (χ1n) is 6.32. The highest BCUT2D eigenvalue weighted by Gasteiger charge is 2.37. The van der Waals surface area contributed by atoms with Crippen LogP contribution in [0.4, 0.5) is 0 Å². The molecule has 17 heavy (non-hydrogen) atoms. The van der Waals surface area contributed by atoms with E-state index in [4.69, 9.17) is 10.7 Å². The molecule has 0 spiro atoms. The topological polar surface area (TPSA) is 38.9 Å². The van der Waals surface area contributed by atoms with E-state index in [-0.39, 0.29) is 5.41 Å². The molecule has 0 saturated heterocycles. The van der Waals surface area contributed by atoms with Crippen molar-refractivity contribution in [3.63, 3.8) is 0 Å². The van der Waals surface area contributed by atoms with Crippen LogP contribution < -0.4 is 5.73 Å². The number of rotatable bonds is 2. The molecule has 1 fully saturated rings. The third-order valence-corrected chi connectivity index (χ3v) is 5.29. The number of aryl methyl sites for hydroxylation is 1.